The van der Waals surface area contributed by atoms with Gasteiger partial charge in [0.1, 0.15) is 5.82 Å². The van der Waals surface area contributed by atoms with Crippen LogP contribution in [0.15, 0.2) is 12.1 Å². The van der Waals surface area contributed by atoms with Gasteiger partial charge in [0.2, 0.25) is 0 Å². The SMILES string of the molecule is COc1cc(C2CCNC2)c(F)cc1OC(C)C. The van der Waals surface area contributed by atoms with Gasteiger partial charge in [-0.3, -0.25) is 0 Å². The number of nitrogens with one attached hydrogen (secondary N) is 1. The first-order valence-corrected chi connectivity index (χ1v) is 6.36. The maximum atomic E-state index is 14.1. The van der Waals surface area contributed by atoms with Gasteiger partial charge in [-0.1, -0.05) is 0 Å². The van der Waals surface area contributed by atoms with Crippen LogP contribution in [0.2, 0.25) is 0 Å². The van der Waals surface area contributed by atoms with E-state index in [1.165, 1.54) is 6.07 Å². The summed E-state index contributed by atoms with van der Waals surface area (Å²) < 4.78 is 24.9. The Labute approximate surface area is 107 Å². The van der Waals surface area contributed by atoms with Gasteiger partial charge in [-0.05, 0) is 38.4 Å². The lowest BCUT2D eigenvalue weighted by Gasteiger charge is -2.17. The lowest BCUT2D eigenvalue weighted by atomic mass is 9.97. The molecule has 18 heavy (non-hydrogen) atoms. The first kappa shape index (κ1) is 13.1. The van der Waals surface area contributed by atoms with Crippen LogP contribution in [0, 0.1) is 5.82 Å². The monoisotopic (exact) mass is 253 g/mol. The van der Waals surface area contributed by atoms with E-state index in [0.717, 1.165) is 19.5 Å². The van der Waals surface area contributed by atoms with Gasteiger partial charge >= 0.3 is 0 Å². The van der Waals surface area contributed by atoms with Crippen LogP contribution in [-0.4, -0.2) is 26.3 Å². The van der Waals surface area contributed by atoms with Crippen LogP contribution >= 0.6 is 0 Å². The Hall–Kier alpha value is -1.29. The summed E-state index contributed by atoms with van der Waals surface area (Å²) in [7, 11) is 1.58. The zero-order valence-electron chi connectivity index (χ0n) is 11.1. The molecular weight excluding hydrogens is 233 g/mol. The molecule has 0 radical (unpaired) electrons. The third-order valence-electron chi connectivity index (χ3n) is 3.15. The predicted octanol–water partition coefficient (Wildman–Crippen LogP) is 2.70. The standard InChI is InChI=1S/C14H20FNO2/c1-9(2)18-14-7-12(15)11(6-13(14)17-3)10-4-5-16-8-10/h6-7,9-10,16H,4-5,8H2,1-3H3. The average Bonchev–Trinajstić information content (AvgIpc) is 2.82. The lowest BCUT2D eigenvalue weighted by Crippen LogP contribution is -2.11. The maximum Gasteiger partial charge on any atom is 0.164 e. The van der Waals surface area contributed by atoms with Crippen molar-refractivity contribution in [3.63, 3.8) is 0 Å². The minimum absolute atomic E-state index is 0.00250. The molecule has 0 amide bonds. The van der Waals surface area contributed by atoms with E-state index < -0.39 is 0 Å². The number of ether oxygens (including phenoxy) is 2. The molecule has 1 aliphatic heterocycles. The molecule has 0 spiro atoms. The van der Waals surface area contributed by atoms with Crippen LogP contribution in [0.25, 0.3) is 0 Å². The van der Waals surface area contributed by atoms with E-state index in [1.807, 2.05) is 13.8 Å². The molecular formula is C14H20FNO2. The highest BCUT2D eigenvalue weighted by molar-refractivity contribution is 5.45. The molecule has 1 heterocycles. The summed E-state index contributed by atoms with van der Waals surface area (Å²) in [6.45, 7) is 5.58. The molecule has 0 bridgehead atoms. The van der Waals surface area contributed by atoms with Crippen molar-refractivity contribution < 1.29 is 13.9 Å². The summed E-state index contributed by atoms with van der Waals surface area (Å²) in [6.07, 6.45) is 0.960. The largest absolute Gasteiger partial charge is 0.493 e. The van der Waals surface area contributed by atoms with E-state index in [2.05, 4.69) is 5.32 Å². The first-order chi connectivity index (χ1) is 8.61. The summed E-state index contributed by atoms with van der Waals surface area (Å²) >= 11 is 0. The Kier molecular flexibility index (Phi) is 4.07. The van der Waals surface area contributed by atoms with Crippen molar-refractivity contribution in [2.24, 2.45) is 0 Å². The fourth-order valence-corrected chi connectivity index (χ4v) is 2.29. The van der Waals surface area contributed by atoms with Gasteiger partial charge in [0, 0.05) is 18.5 Å². The van der Waals surface area contributed by atoms with E-state index in [-0.39, 0.29) is 17.8 Å². The fraction of sp³-hybridized carbons (Fsp3) is 0.571. The van der Waals surface area contributed by atoms with Gasteiger partial charge in [-0.2, -0.15) is 0 Å². The summed E-state index contributed by atoms with van der Waals surface area (Å²) in [5.41, 5.74) is 0.716. The van der Waals surface area contributed by atoms with Crippen molar-refractivity contribution in [3.05, 3.63) is 23.5 Å². The molecule has 1 N–H and O–H groups in total. The minimum atomic E-state index is -0.208. The van der Waals surface area contributed by atoms with Crippen molar-refractivity contribution in [1.82, 2.24) is 5.32 Å². The zero-order chi connectivity index (χ0) is 13.1. The van der Waals surface area contributed by atoms with E-state index in [4.69, 9.17) is 9.47 Å². The summed E-state index contributed by atoms with van der Waals surface area (Å²) in [4.78, 5) is 0. The molecule has 100 valence electrons. The molecule has 0 saturated carbocycles. The molecule has 1 saturated heterocycles. The highest BCUT2D eigenvalue weighted by Crippen LogP contribution is 2.35. The smallest absolute Gasteiger partial charge is 0.164 e. The molecule has 1 fully saturated rings. The fourth-order valence-electron chi connectivity index (χ4n) is 2.29. The van der Waals surface area contributed by atoms with E-state index in [0.29, 0.717) is 17.1 Å². The Balaban J connectivity index is 2.32. The molecule has 0 aliphatic carbocycles. The summed E-state index contributed by atoms with van der Waals surface area (Å²) in [5, 5.41) is 3.24. The quantitative estimate of drug-likeness (QED) is 0.895. The number of methoxy groups -OCH3 is 1. The van der Waals surface area contributed by atoms with Crippen LogP contribution in [0.5, 0.6) is 11.5 Å². The van der Waals surface area contributed by atoms with E-state index in [9.17, 15) is 4.39 Å². The summed E-state index contributed by atoms with van der Waals surface area (Å²) in [6, 6.07) is 3.21. The average molecular weight is 253 g/mol. The van der Waals surface area contributed by atoms with Gasteiger partial charge in [-0.15, -0.1) is 0 Å². The Bertz CT molecular complexity index is 415. The topological polar surface area (TPSA) is 30.5 Å². The van der Waals surface area contributed by atoms with Crippen molar-refractivity contribution in [1.29, 1.82) is 0 Å². The molecule has 2 rings (SSSR count). The summed E-state index contributed by atoms with van der Waals surface area (Å²) in [5.74, 6) is 1.10. The number of halogens is 1. The normalized spacial score (nSPS) is 19.3. The number of hydrogen-bond donors (Lipinski definition) is 1. The Morgan fingerprint density at radius 1 is 1.33 bits per heavy atom. The highest BCUT2D eigenvalue weighted by atomic mass is 19.1. The second kappa shape index (κ2) is 5.57. The molecule has 1 aromatic carbocycles. The van der Waals surface area contributed by atoms with Gasteiger partial charge in [0.05, 0.1) is 13.2 Å². The third-order valence-corrected chi connectivity index (χ3v) is 3.15. The van der Waals surface area contributed by atoms with Gasteiger partial charge in [0.15, 0.2) is 11.5 Å². The second-order valence-electron chi connectivity index (χ2n) is 4.88. The predicted molar refractivity (Wildman–Crippen MR) is 68.9 cm³/mol. The molecule has 3 nitrogen and oxygen atoms in total. The van der Waals surface area contributed by atoms with Crippen LogP contribution in [-0.2, 0) is 0 Å². The molecule has 4 heteroatoms. The maximum absolute atomic E-state index is 14.1. The lowest BCUT2D eigenvalue weighted by molar-refractivity contribution is 0.228. The Morgan fingerprint density at radius 2 is 2.11 bits per heavy atom. The molecule has 1 atom stereocenters. The number of benzene rings is 1. The highest BCUT2D eigenvalue weighted by Gasteiger charge is 2.22. The van der Waals surface area contributed by atoms with Crippen LogP contribution in [0.3, 0.4) is 0 Å². The van der Waals surface area contributed by atoms with Gasteiger partial charge in [-0.25, -0.2) is 4.39 Å². The van der Waals surface area contributed by atoms with Crippen molar-refractivity contribution >= 4 is 0 Å². The molecule has 0 aromatic heterocycles. The van der Waals surface area contributed by atoms with Crippen LogP contribution in [0.4, 0.5) is 4.39 Å². The number of rotatable bonds is 4. The molecule has 1 unspecified atom stereocenters. The molecule has 1 aromatic rings. The van der Waals surface area contributed by atoms with E-state index >= 15 is 0 Å². The van der Waals surface area contributed by atoms with Crippen molar-refractivity contribution in [3.8, 4) is 11.5 Å². The minimum Gasteiger partial charge on any atom is -0.493 e. The van der Waals surface area contributed by atoms with Crippen molar-refractivity contribution in [2.75, 3.05) is 20.2 Å². The zero-order valence-corrected chi connectivity index (χ0v) is 11.1. The number of hydrogen-bond acceptors (Lipinski definition) is 3. The van der Waals surface area contributed by atoms with E-state index in [1.54, 1.807) is 13.2 Å². The van der Waals surface area contributed by atoms with Crippen LogP contribution in [0.1, 0.15) is 31.7 Å². The second-order valence-corrected chi connectivity index (χ2v) is 4.88. The first-order valence-electron chi connectivity index (χ1n) is 6.36. The van der Waals surface area contributed by atoms with Crippen LogP contribution < -0.4 is 14.8 Å². The van der Waals surface area contributed by atoms with Gasteiger partial charge in [0.25, 0.3) is 0 Å². The Morgan fingerprint density at radius 3 is 2.67 bits per heavy atom. The van der Waals surface area contributed by atoms with Gasteiger partial charge < -0.3 is 14.8 Å². The van der Waals surface area contributed by atoms with Crippen molar-refractivity contribution in [2.45, 2.75) is 32.3 Å². The third kappa shape index (κ3) is 2.75. The molecule has 1 aliphatic rings.